The number of amides is 1. The largest absolute Gasteiger partial charge is 0.398 e. The molecule has 0 aliphatic heterocycles. The lowest BCUT2D eigenvalue weighted by Gasteiger charge is -2.16. The third kappa shape index (κ3) is 4.13. The van der Waals surface area contributed by atoms with Crippen LogP contribution in [0.1, 0.15) is 24.1 Å². The molecule has 0 fully saturated rings. The van der Waals surface area contributed by atoms with Crippen LogP contribution in [0.25, 0.3) is 0 Å². The summed E-state index contributed by atoms with van der Waals surface area (Å²) in [5.41, 5.74) is 8.29. The van der Waals surface area contributed by atoms with Crippen LogP contribution in [0.4, 0.5) is 5.69 Å². The Morgan fingerprint density at radius 1 is 1.19 bits per heavy atom. The highest BCUT2D eigenvalue weighted by Gasteiger charge is 2.12. The predicted octanol–water partition coefficient (Wildman–Crippen LogP) is 4.00. The molecule has 3 nitrogen and oxygen atoms in total. The average molecular weight is 323 g/mol. The van der Waals surface area contributed by atoms with Gasteiger partial charge in [0.1, 0.15) is 0 Å². The second kappa shape index (κ2) is 6.83. The highest BCUT2D eigenvalue weighted by molar-refractivity contribution is 6.42. The molecule has 2 aromatic carbocycles. The highest BCUT2D eigenvalue weighted by atomic mass is 35.5. The van der Waals surface area contributed by atoms with Crippen molar-refractivity contribution in [1.82, 2.24) is 5.32 Å². The molecule has 21 heavy (non-hydrogen) atoms. The van der Waals surface area contributed by atoms with Gasteiger partial charge in [-0.05, 0) is 36.2 Å². The maximum absolute atomic E-state index is 12.1. The van der Waals surface area contributed by atoms with Gasteiger partial charge >= 0.3 is 0 Å². The minimum absolute atomic E-state index is 0.0934. The minimum Gasteiger partial charge on any atom is -0.398 e. The zero-order chi connectivity index (χ0) is 15.4. The summed E-state index contributed by atoms with van der Waals surface area (Å²) in [6.07, 6.45) is 0.244. The number of nitrogens with one attached hydrogen (secondary N) is 1. The molecule has 0 bridgehead atoms. The fourth-order valence-corrected chi connectivity index (χ4v) is 2.43. The number of hydrogen-bond donors (Lipinski definition) is 2. The van der Waals surface area contributed by atoms with Gasteiger partial charge in [0.2, 0.25) is 5.91 Å². The number of nitrogens with two attached hydrogens (primary N) is 1. The first-order valence-electron chi connectivity index (χ1n) is 6.55. The van der Waals surface area contributed by atoms with E-state index in [1.54, 1.807) is 18.2 Å². The Hall–Kier alpha value is -1.71. The summed E-state index contributed by atoms with van der Waals surface area (Å²) < 4.78 is 0. The summed E-state index contributed by atoms with van der Waals surface area (Å²) in [5.74, 6) is -0.0934. The lowest BCUT2D eigenvalue weighted by atomic mass is 10.1. The van der Waals surface area contributed by atoms with Gasteiger partial charge in [0.15, 0.2) is 0 Å². The Balaban J connectivity index is 2.01. The zero-order valence-corrected chi connectivity index (χ0v) is 13.1. The lowest BCUT2D eigenvalue weighted by molar-refractivity contribution is -0.121. The first kappa shape index (κ1) is 15.7. The first-order valence-corrected chi connectivity index (χ1v) is 7.30. The molecular weight excluding hydrogens is 307 g/mol. The first-order chi connectivity index (χ1) is 9.97. The van der Waals surface area contributed by atoms with Gasteiger partial charge in [-0.1, -0.05) is 47.5 Å². The Labute approximate surface area is 134 Å². The van der Waals surface area contributed by atoms with Gasteiger partial charge in [-0.15, -0.1) is 0 Å². The van der Waals surface area contributed by atoms with Gasteiger partial charge in [-0.2, -0.15) is 0 Å². The third-order valence-electron chi connectivity index (χ3n) is 3.19. The van der Waals surface area contributed by atoms with Crippen molar-refractivity contribution in [2.45, 2.75) is 19.4 Å². The van der Waals surface area contributed by atoms with Crippen molar-refractivity contribution in [3.05, 3.63) is 63.6 Å². The number of para-hydroxylation sites is 1. The number of benzene rings is 2. The van der Waals surface area contributed by atoms with E-state index in [1.165, 1.54) is 0 Å². The van der Waals surface area contributed by atoms with Crippen LogP contribution in [-0.4, -0.2) is 5.91 Å². The Bertz CT molecular complexity index is 658. The third-order valence-corrected chi connectivity index (χ3v) is 3.93. The Morgan fingerprint density at radius 3 is 2.57 bits per heavy atom. The summed E-state index contributed by atoms with van der Waals surface area (Å²) in [4.78, 5) is 12.1. The molecule has 5 heteroatoms. The monoisotopic (exact) mass is 322 g/mol. The van der Waals surface area contributed by atoms with Crippen LogP contribution >= 0.6 is 23.2 Å². The van der Waals surface area contributed by atoms with E-state index in [1.807, 2.05) is 31.2 Å². The number of nitrogen functional groups attached to an aromatic ring is 1. The maximum Gasteiger partial charge on any atom is 0.224 e. The SMILES string of the molecule is CC(NC(=O)Cc1ccc(Cl)c(Cl)c1)c1ccccc1N. The smallest absolute Gasteiger partial charge is 0.224 e. The van der Waals surface area contributed by atoms with E-state index in [4.69, 9.17) is 28.9 Å². The molecule has 1 amide bonds. The molecule has 110 valence electrons. The molecule has 0 spiro atoms. The van der Waals surface area contributed by atoms with Crippen molar-refractivity contribution >= 4 is 34.8 Å². The topological polar surface area (TPSA) is 55.1 Å². The summed E-state index contributed by atoms with van der Waals surface area (Å²) in [5, 5.41) is 3.85. The van der Waals surface area contributed by atoms with Crippen molar-refractivity contribution in [2.75, 3.05) is 5.73 Å². The van der Waals surface area contributed by atoms with Gasteiger partial charge in [0, 0.05) is 5.69 Å². The second-order valence-electron chi connectivity index (χ2n) is 4.84. The minimum atomic E-state index is -0.151. The van der Waals surface area contributed by atoms with Crippen LogP contribution in [0.15, 0.2) is 42.5 Å². The van der Waals surface area contributed by atoms with Gasteiger partial charge in [0.25, 0.3) is 0 Å². The molecule has 0 heterocycles. The van der Waals surface area contributed by atoms with Crippen molar-refractivity contribution in [3.8, 4) is 0 Å². The molecule has 1 unspecified atom stereocenters. The van der Waals surface area contributed by atoms with Crippen molar-refractivity contribution in [3.63, 3.8) is 0 Å². The van der Waals surface area contributed by atoms with E-state index >= 15 is 0 Å². The summed E-state index contributed by atoms with van der Waals surface area (Å²) in [6, 6.07) is 12.5. The number of halogens is 2. The standard InChI is InChI=1S/C16H16Cl2N2O/c1-10(12-4-2-3-5-15(12)19)20-16(21)9-11-6-7-13(17)14(18)8-11/h2-8,10H,9,19H2,1H3,(H,20,21). The molecule has 1 atom stereocenters. The van der Waals surface area contributed by atoms with Crippen LogP contribution in [-0.2, 0) is 11.2 Å². The molecule has 2 aromatic rings. The van der Waals surface area contributed by atoms with E-state index in [-0.39, 0.29) is 18.4 Å². The average Bonchev–Trinajstić information content (AvgIpc) is 2.43. The number of anilines is 1. The molecule has 0 radical (unpaired) electrons. The van der Waals surface area contributed by atoms with Crippen LogP contribution in [0.2, 0.25) is 10.0 Å². The molecule has 0 aliphatic rings. The number of carbonyl (C=O) groups excluding carboxylic acids is 1. The zero-order valence-electron chi connectivity index (χ0n) is 11.6. The maximum atomic E-state index is 12.1. The van der Waals surface area contributed by atoms with Crippen molar-refractivity contribution in [2.24, 2.45) is 0 Å². The summed E-state index contributed by atoms with van der Waals surface area (Å²) in [6.45, 7) is 1.90. The van der Waals surface area contributed by atoms with Crippen molar-refractivity contribution < 1.29 is 4.79 Å². The number of rotatable bonds is 4. The summed E-state index contributed by atoms with van der Waals surface area (Å²) in [7, 11) is 0. The van der Waals surface area contributed by atoms with E-state index in [0.29, 0.717) is 15.7 Å². The summed E-state index contributed by atoms with van der Waals surface area (Å²) >= 11 is 11.8. The fourth-order valence-electron chi connectivity index (χ4n) is 2.11. The molecule has 3 N–H and O–H groups in total. The van der Waals surface area contributed by atoms with Crippen LogP contribution < -0.4 is 11.1 Å². The molecule has 2 rings (SSSR count). The molecule has 0 aliphatic carbocycles. The second-order valence-corrected chi connectivity index (χ2v) is 5.66. The molecular formula is C16H16Cl2N2O. The molecule has 0 saturated heterocycles. The van der Waals surface area contributed by atoms with Crippen LogP contribution in [0.3, 0.4) is 0 Å². The van der Waals surface area contributed by atoms with Crippen molar-refractivity contribution in [1.29, 1.82) is 0 Å². The van der Waals surface area contributed by atoms with Crippen LogP contribution in [0, 0.1) is 0 Å². The van der Waals surface area contributed by atoms with E-state index < -0.39 is 0 Å². The number of carbonyl (C=O) groups is 1. The fraction of sp³-hybridized carbons (Fsp3) is 0.188. The molecule has 0 aromatic heterocycles. The normalized spacial score (nSPS) is 12.0. The van der Waals surface area contributed by atoms with E-state index in [9.17, 15) is 4.79 Å². The quantitative estimate of drug-likeness (QED) is 0.836. The highest BCUT2D eigenvalue weighted by Crippen LogP contribution is 2.23. The van der Waals surface area contributed by atoms with Gasteiger partial charge in [-0.25, -0.2) is 0 Å². The van der Waals surface area contributed by atoms with Gasteiger partial charge in [-0.3, -0.25) is 4.79 Å². The number of hydrogen-bond acceptors (Lipinski definition) is 2. The Kier molecular flexibility index (Phi) is 5.10. The van der Waals surface area contributed by atoms with Gasteiger partial charge in [0.05, 0.1) is 22.5 Å². The van der Waals surface area contributed by atoms with E-state index in [0.717, 1.165) is 11.1 Å². The van der Waals surface area contributed by atoms with Gasteiger partial charge < -0.3 is 11.1 Å². The van der Waals surface area contributed by atoms with Crippen LogP contribution in [0.5, 0.6) is 0 Å². The Morgan fingerprint density at radius 2 is 1.90 bits per heavy atom. The molecule has 0 saturated carbocycles. The van der Waals surface area contributed by atoms with E-state index in [2.05, 4.69) is 5.32 Å². The predicted molar refractivity (Wildman–Crippen MR) is 87.6 cm³/mol. The lowest BCUT2D eigenvalue weighted by Crippen LogP contribution is -2.28.